The average molecular weight is 643 g/mol. The summed E-state index contributed by atoms with van der Waals surface area (Å²) in [5, 5.41) is 11.8. The summed E-state index contributed by atoms with van der Waals surface area (Å²) >= 11 is 0. The first-order chi connectivity index (χ1) is 22.0. The normalized spacial score (nSPS) is 30.7. The van der Waals surface area contributed by atoms with Crippen LogP contribution in [0.4, 0.5) is 0 Å². The average Bonchev–Trinajstić information content (AvgIpc) is 3.15. The Balaban J connectivity index is 1.58. The number of carbonyl (C=O) groups excluding carboxylic acids is 3. The van der Waals surface area contributed by atoms with Crippen LogP contribution in [-0.2, 0) is 25.5 Å². The van der Waals surface area contributed by atoms with E-state index in [1.165, 1.54) is 12.7 Å². The standard InChI is InChI=1S/C39H46O8/c1-21(2)11-10-16-37(8)17-15-25-30(40)29-31(41)27-19-24-20-28-36(6,7)47-38(34(24)42,18-14-23(5)35(43)44-9)39(27,28)46-33(29)26(32(25)45-37)13-12-22(3)4/h11-12,14-15,17,19,24,28,40H,10,13,16,18,20H2,1-9H3/t24-,28?,37?,38-,39-/m1/s1. The van der Waals surface area contributed by atoms with Gasteiger partial charge in [-0.05, 0) is 93.2 Å². The van der Waals surface area contributed by atoms with Gasteiger partial charge in [0.15, 0.2) is 22.8 Å². The van der Waals surface area contributed by atoms with Gasteiger partial charge in [-0.3, -0.25) is 9.59 Å². The Kier molecular flexibility index (Phi) is 7.78. The quantitative estimate of drug-likeness (QED) is 0.178. The van der Waals surface area contributed by atoms with E-state index in [-0.39, 0.29) is 41.0 Å². The summed E-state index contributed by atoms with van der Waals surface area (Å²) in [5.41, 5.74) is -0.446. The van der Waals surface area contributed by atoms with Crippen LogP contribution in [0.3, 0.4) is 0 Å². The number of allylic oxidation sites excluding steroid dienone is 5. The van der Waals surface area contributed by atoms with Crippen LogP contribution in [-0.4, -0.2) is 52.2 Å². The van der Waals surface area contributed by atoms with Crippen LogP contribution < -0.4 is 9.47 Å². The largest absolute Gasteiger partial charge is 0.506 e. The lowest BCUT2D eigenvalue weighted by atomic mass is 9.51. The van der Waals surface area contributed by atoms with Crippen LogP contribution in [0.15, 0.2) is 52.7 Å². The molecule has 1 aromatic rings. The molecule has 2 fully saturated rings. The van der Waals surface area contributed by atoms with Gasteiger partial charge in [0.25, 0.3) is 0 Å². The molecule has 0 radical (unpaired) electrons. The molecule has 1 N–H and O–H groups in total. The summed E-state index contributed by atoms with van der Waals surface area (Å²) in [6, 6.07) is 0. The SMILES string of the molecule is COC(=O)C(C)=CC[C@]12OC(C)(C)C3C[C@@H](C=C4C(=O)c5c(O)c6c(c(CC=C(C)C)c5O[C@]431)OC(C)(CCC=C(C)C)C=C6)C2=O. The van der Waals surface area contributed by atoms with E-state index in [0.29, 0.717) is 47.3 Å². The maximum Gasteiger partial charge on any atom is 0.333 e. The van der Waals surface area contributed by atoms with E-state index >= 15 is 0 Å². The number of ether oxygens (including phenoxy) is 4. The van der Waals surface area contributed by atoms with Crippen molar-refractivity contribution in [2.45, 2.75) is 110 Å². The third-order valence-electron chi connectivity index (χ3n) is 10.7. The van der Waals surface area contributed by atoms with Crippen molar-refractivity contribution in [3.63, 3.8) is 0 Å². The fourth-order valence-corrected chi connectivity index (χ4v) is 8.33. The summed E-state index contributed by atoms with van der Waals surface area (Å²) < 4.78 is 25.7. The Hall–Kier alpha value is -3.91. The lowest BCUT2D eigenvalue weighted by Gasteiger charge is -2.56. The van der Waals surface area contributed by atoms with Gasteiger partial charge in [0.2, 0.25) is 0 Å². The highest BCUT2D eigenvalue weighted by atomic mass is 16.6. The lowest BCUT2D eigenvalue weighted by molar-refractivity contribution is -0.171. The minimum atomic E-state index is -1.57. The van der Waals surface area contributed by atoms with Gasteiger partial charge in [-0.25, -0.2) is 4.79 Å². The number of ketones is 2. The molecular weight excluding hydrogens is 596 g/mol. The van der Waals surface area contributed by atoms with Gasteiger partial charge < -0.3 is 24.1 Å². The van der Waals surface area contributed by atoms with Gasteiger partial charge in [-0.15, -0.1) is 0 Å². The predicted octanol–water partition coefficient (Wildman–Crippen LogP) is 7.33. The van der Waals surface area contributed by atoms with Crippen molar-refractivity contribution in [3.05, 3.63) is 69.4 Å². The Morgan fingerprint density at radius 1 is 1.02 bits per heavy atom. The van der Waals surface area contributed by atoms with Crippen LogP contribution >= 0.6 is 0 Å². The Morgan fingerprint density at radius 2 is 1.72 bits per heavy atom. The highest BCUT2D eigenvalue weighted by Gasteiger charge is 2.81. The van der Waals surface area contributed by atoms with E-state index in [1.807, 2.05) is 52.8 Å². The summed E-state index contributed by atoms with van der Waals surface area (Å²) in [6.07, 6.45) is 13.8. The van der Waals surface area contributed by atoms with Crippen molar-refractivity contribution in [3.8, 4) is 17.2 Å². The number of methoxy groups -OCH3 is 1. The molecule has 0 aromatic heterocycles. The molecule has 250 valence electrons. The Bertz CT molecular complexity index is 1740. The molecule has 47 heavy (non-hydrogen) atoms. The highest BCUT2D eigenvalue weighted by molar-refractivity contribution is 6.19. The fourth-order valence-electron chi connectivity index (χ4n) is 8.33. The molecule has 1 aromatic carbocycles. The molecule has 1 spiro atoms. The molecule has 8 heteroatoms. The van der Waals surface area contributed by atoms with Crippen LogP contribution in [0.25, 0.3) is 6.08 Å². The number of fused-ring (bicyclic) bond motifs is 2. The summed E-state index contributed by atoms with van der Waals surface area (Å²) in [4.78, 5) is 41.6. The lowest BCUT2D eigenvalue weighted by Crippen LogP contribution is -2.72. The second-order valence-corrected chi connectivity index (χ2v) is 14.9. The number of benzene rings is 1. The summed E-state index contributed by atoms with van der Waals surface area (Å²) in [5.74, 6) is -1.49. The molecule has 1 saturated carbocycles. The van der Waals surface area contributed by atoms with Gasteiger partial charge in [-0.2, -0.15) is 0 Å². The molecule has 6 aliphatic rings. The number of carbonyl (C=O) groups is 3. The second kappa shape index (κ2) is 11.1. The summed E-state index contributed by atoms with van der Waals surface area (Å²) in [7, 11) is 1.31. The van der Waals surface area contributed by atoms with Crippen LogP contribution in [0.2, 0.25) is 0 Å². The Morgan fingerprint density at radius 3 is 2.38 bits per heavy atom. The minimum absolute atomic E-state index is 0.0189. The summed E-state index contributed by atoms with van der Waals surface area (Å²) in [6.45, 7) is 15.6. The first kappa shape index (κ1) is 33.0. The number of phenolic OH excluding ortho intramolecular Hbond substituents is 1. The number of Topliss-reactive ketones (excluding diaryl/α,β-unsaturated/α-hetero) is 2. The zero-order valence-electron chi connectivity index (χ0n) is 29.0. The number of esters is 1. The molecule has 3 heterocycles. The van der Waals surface area contributed by atoms with E-state index in [9.17, 15) is 19.5 Å². The molecule has 0 amide bonds. The molecule has 3 aliphatic carbocycles. The molecule has 2 unspecified atom stereocenters. The van der Waals surface area contributed by atoms with Gasteiger partial charge in [0.1, 0.15) is 28.4 Å². The molecule has 5 atom stereocenters. The van der Waals surface area contributed by atoms with Gasteiger partial charge in [0, 0.05) is 35.0 Å². The van der Waals surface area contributed by atoms with E-state index in [2.05, 4.69) is 19.9 Å². The van der Waals surface area contributed by atoms with Gasteiger partial charge in [-0.1, -0.05) is 35.5 Å². The number of hydrogen-bond donors (Lipinski definition) is 1. The maximum atomic E-state index is 14.8. The molecule has 4 bridgehead atoms. The van der Waals surface area contributed by atoms with Crippen molar-refractivity contribution >= 4 is 23.6 Å². The van der Waals surface area contributed by atoms with Gasteiger partial charge >= 0.3 is 5.97 Å². The van der Waals surface area contributed by atoms with Crippen molar-refractivity contribution in [2.24, 2.45) is 11.8 Å². The Labute approximate surface area is 277 Å². The molecule has 8 nitrogen and oxygen atoms in total. The third-order valence-corrected chi connectivity index (χ3v) is 10.7. The van der Waals surface area contributed by atoms with E-state index < -0.39 is 34.3 Å². The number of aromatic hydroxyl groups is 1. The minimum Gasteiger partial charge on any atom is -0.506 e. The van der Waals surface area contributed by atoms with Crippen LogP contribution in [0.1, 0.15) is 103 Å². The van der Waals surface area contributed by atoms with E-state index in [0.717, 1.165) is 12.0 Å². The van der Waals surface area contributed by atoms with Crippen LogP contribution in [0.5, 0.6) is 17.2 Å². The van der Waals surface area contributed by atoms with Crippen molar-refractivity contribution in [1.29, 1.82) is 0 Å². The first-order valence-electron chi connectivity index (χ1n) is 16.5. The number of phenols is 1. The van der Waals surface area contributed by atoms with E-state index in [1.54, 1.807) is 19.1 Å². The van der Waals surface area contributed by atoms with Crippen molar-refractivity contribution in [2.75, 3.05) is 7.11 Å². The zero-order valence-corrected chi connectivity index (χ0v) is 29.0. The topological polar surface area (TPSA) is 108 Å². The molecule has 1 saturated heterocycles. The highest BCUT2D eigenvalue weighted by Crippen LogP contribution is 2.68. The van der Waals surface area contributed by atoms with Gasteiger partial charge in [0.05, 0.1) is 18.3 Å². The maximum absolute atomic E-state index is 14.8. The monoisotopic (exact) mass is 642 g/mol. The van der Waals surface area contributed by atoms with Crippen molar-refractivity contribution < 1.29 is 38.4 Å². The first-order valence-corrected chi connectivity index (χ1v) is 16.5. The smallest absolute Gasteiger partial charge is 0.333 e. The van der Waals surface area contributed by atoms with Crippen LogP contribution in [0, 0.1) is 11.8 Å². The van der Waals surface area contributed by atoms with E-state index in [4.69, 9.17) is 18.9 Å². The molecule has 3 aliphatic heterocycles. The predicted molar refractivity (Wildman–Crippen MR) is 179 cm³/mol. The zero-order chi connectivity index (χ0) is 34.3. The second-order valence-electron chi connectivity index (χ2n) is 14.9. The third kappa shape index (κ3) is 4.77. The molecular formula is C39H46O8. The van der Waals surface area contributed by atoms with Crippen molar-refractivity contribution in [1.82, 2.24) is 0 Å². The fraction of sp³-hybridized carbons (Fsp3) is 0.513. The molecule has 7 rings (SSSR count). The number of hydrogen-bond acceptors (Lipinski definition) is 8. The number of rotatable bonds is 8.